The third-order valence-electron chi connectivity index (χ3n) is 5.63. The molecule has 7 nitrogen and oxygen atoms in total. The van der Waals surface area contributed by atoms with Gasteiger partial charge in [-0.15, -0.1) is 11.3 Å². The number of morpholine rings is 1. The van der Waals surface area contributed by atoms with Gasteiger partial charge in [0.15, 0.2) is 5.65 Å². The molecule has 4 heterocycles. The van der Waals surface area contributed by atoms with Crippen LogP contribution in [-0.2, 0) is 17.8 Å². The van der Waals surface area contributed by atoms with Crippen molar-refractivity contribution in [2.24, 2.45) is 0 Å². The van der Waals surface area contributed by atoms with Crippen LogP contribution in [-0.4, -0.2) is 47.0 Å². The lowest BCUT2D eigenvalue weighted by molar-refractivity contribution is 0.0952. The minimum Gasteiger partial charge on any atom is -0.378 e. The Balaban J connectivity index is 1.30. The van der Waals surface area contributed by atoms with Gasteiger partial charge in [0.05, 0.1) is 36.9 Å². The molecule has 1 saturated heterocycles. The van der Waals surface area contributed by atoms with Gasteiger partial charge >= 0.3 is 0 Å². The molecule has 0 bridgehead atoms. The number of pyridine rings is 1. The monoisotopic (exact) mass is 447 g/mol. The molecule has 1 fully saturated rings. The highest BCUT2D eigenvalue weighted by molar-refractivity contribution is 7.09. The number of rotatable bonds is 6. The van der Waals surface area contributed by atoms with E-state index in [2.05, 4.69) is 50.6 Å². The summed E-state index contributed by atoms with van der Waals surface area (Å²) < 4.78 is 7.28. The van der Waals surface area contributed by atoms with E-state index in [-0.39, 0.29) is 5.91 Å². The fraction of sp³-hybridized carbons (Fsp3) is 0.292. The summed E-state index contributed by atoms with van der Waals surface area (Å²) in [6.07, 6.45) is 1.74. The number of aromatic nitrogens is 3. The van der Waals surface area contributed by atoms with E-state index < -0.39 is 0 Å². The average molecular weight is 448 g/mol. The average Bonchev–Trinajstić information content (AvgIpc) is 3.48. The van der Waals surface area contributed by atoms with Crippen LogP contribution in [0.4, 0.5) is 5.69 Å². The van der Waals surface area contributed by atoms with Crippen molar-refractivity contribution in [3.8, 4) is 0 Å². The van der Waals surface area contributed by atoms with Crippen molar-refractivity contribution in [1.29, 1.82) is 0 Å². The maximum absolute atomic E-state index is 13.0. The Kier molecular flexibility index (Phi) is 5.87. The zero-order chi connectivity index (χ0) is 21.9. The number of benzene rings is 1. The maximum atomic E-state index is 13.0. The Hall–Kier alpha value is -3.23. The molecule has 5 rings (SSSR count). The molecule has 8 heteroatoms. The van der Waals surface area contributed by atoms with Gasteiger partial charge in [0.1, 0.15) is 0 Å². The molecule has 0 aliphatic carbocycles. The topological polar surface area (TPSA) is 72.3 Å². The number of thiophene rings is 1. The molecule has 0 unspecified atom stereocenters. The normalized spacial score (nSPS) is 14.1. The minimum absolute atomic E-state index is 0.117. The third kappa shape index (κ3) is 4.37. The minimum atomic E-state index is -0.117. The zero-order valence-corrected chi connectivity index (χ0v) is 18.8. The number of ether oxygens (including phenoxy) is 1. The highest BCUT2D eigenvalue weighted by atomic mass is 32.1. The van der Waals surface area contributed by atoms with Crippen molar-refractivity contribution in [2.45, 2.75) is 20.0 Å². The summed E-state index contributed by atoms with van der Waals surface area (Å²) in [5, 5.41) is 10.4. The van der Waals surface area contributed by atoms with Crippen LogP contribution in [0.25, 0.3) is 11.0 Å². The molecule has 32 heavy (non-hydrogen) atoms. The van der Waals surface area contributed by atoms with Gasteiger partial charge in [0.25, 0.3) is 5.91 Å². The molecule has 164 valence electrons. The second-order valence-corrected chi connectivity index (χ2v) is 8.91. The second kappa shape index (κ2) is 9.10. The summed E-state index contributed by atoms with van der Waals surface area (Å²) in [7, 11) is 0. The van der Waals surface area contributed by atoms with Crippen molar-refractivity contribution >= 4 is 34.0 Å². The van der Waals surface area contributed by atoms with Crippen LogP contribution in [0.3, 0.4) is 0 Å². The highest BCUT2D eigenvalue weighted by Crippen LogP contribution is 2.21. The lowest BCUT2D eigenvalue weighted by Gasteiger charge is -2.28. The summed E-state index contributed by atoms with van der Waals surface area (Å²) in [4.78, 5) is 21.2. The smallest absolute Gasteiger partial charge is 0.252 e. The number of hydrogen-bond donors (Lipinski definition) is 1. The van der Waals surface area contributed by atoms with Crippen molar-refractivity contribution in [1.82, 2.24) is 20.1 Å². The number of aryl methyl sites for hydroxylation is 1. The van der Waals surface area contributed by atoms with Crippen molar-refractivity contribution in [3.63, 3.8) is 0 Å². The van der Waals surface area contributed by atoms with Gasteiger partial charge in [-0.2, -0.15) is 5.10 Å². The summed E-state index contributed by atoms with van der Waals surface area (Å²) in [6, 6.07) is 14.3. The molecular weight excluding hydrogens is 422 g/mol. The van der Waals surface area contributed by atoms with Crippen LogP contribution in [0.5, 0.6) is 0 Å². The lowest BCUT2D eigenvalue weighted by Crippen LogP contribution is -2.36. The van der Waals surface area contributed by atoms with Gasteiger partial charge in [-0.1, -0.05) is 18.2 Å². The molecule has 1 aromatic carbocycles. The van der Waals surface area contributed by atoms with Gasteiger partial charge in [-0.3, -0.25) is 4.79 Å². The maximum Gasteiger partial charge on any atom is 0.252 e. The quantitative estimate of drug-likeness (QED) is 0.489. The number of amides is 1. The Morgan fingerprint density at radius 3 is 2.75 bits per heavy atom. The number of carbonyl (C=O) groups is 1. The van der Waals surface area contributed by atoms with Crippen LogP contribution in [0, 0.1) is 6.92 Å². The lowest BCUT2D eigenvalue weighted by atomic mass is 10.1. The summed E-state index contributed by atoms with van der Waals surface area (Å²) in [5.41, 5.74) is 4.39. The number of anilines is 1. The Morgan fingerprint density at radius 2 is 2.00 bits per heavy atom. The molecule has 1 amide bonds. The summed E-state index contributed by atoms with van der Waals surface area (Å²) in [6.45, 7) is 6.37. The molecule has 1 aliphatic heterocycles. The standard InChI is InChI=1S/C24H25N5O2S/c1-17-13-21(22-15-26-29(23(22)27-17)16-20-3-2-12-32-20)24(30)25-14-18-4-6-19(7-5-18)28-8-10-31-11-9-28/h2-7,12-13,15H,8-11,14,16H2,1H3,(H,25,30). The Morgan fingerprint density at radius 1 is 1.19 bits per heavy atom. The van der Waals surface area contributed by atoms with Gasteiger partial charge in [-0.25, -0.2) is 9.67 Å². The number of fused-ring (bicyclic) bond motifs is 1. The highest BCUT2D eigenvalue weighted by Gasteiger charge is 2.16. The molecule has 0 atom stereocenters. The molecule has 0 radical (unpaired) electrons. The van der Waals surface area contributed by atoms with E-state index in [4.69, 9.17) is 4.74 Å². The number of carbonyl (C=O) groups excluding carboxylic acids is 1. The van der Waals surface area contributed by atoms with E-state index >= 15 is 0 Å². The Bertz CT molecular complexity index is 1210. The van der Waals surface area contributed by atoms with Crippen LogP contribution in [0.2, 0.25) is 0 Å². The van der Waals surface area contributed by atoms with E-state index in [0.29, 0.717) is 18.7 Å². The fourth-order valence-corrected chi connectivity index (χ4v) is 4.64. The molecule has 1 aliphatic rings. The molecule has 1 N–H and O–H groups in total. The predicted octanol–water partition coefficient (Wildman–Crippen LogP) is 3.62. The van der Waals surface area contributed by atoms with E-state index in [9.17, 15) is 4.79 Å². The van der Waals surface area contributed by atoms with Crippen molar-refractivity contribution < 1.29 is 9.53 Å². The predicted molar refractivity (Wildman–Crippen MR) is 126 cm³/mol. The molecule has 3 aromatic heterocycles. The van der Waals surface area contributed by atoms with E-state index in [1.54, 1.807) is 17.5 Å². The van der Waals surface area contributed by atoms with Gasteiger partial charge in [-0.05, 0) is 42.1 Å². The summed E-state index contributed by atoms with van der Waals surface area (Å²) >= 11 is 1.68. The van der Waals surface area contributed by atoms with E-state index in [1.165, 1.54) is 10.6 Å². The fourth-order valence-electron chi connectivity index (χ4n) is 3.95. The first-order chi connectivity index (χ1) is 15.7. The Labute approximate surface area is 190 Å². The summed E-state index contributed by atoms with van der Waals surface area (Å²) in [5.74, 6) is -0.117. The molecule has 0 saturated carbocycles. The number of nitrogens with one attached hydrogen (secondary N) is 1. The van der Waals surface area contributed by atoms with Gasteiger partial charge < -0.3 is 15.0 Å². The SMILES string of the molecule is Cc1cc(C(=O)NCc2ccc(N3CCOCC3)cc2)c2cnn(Cc3cccs3)c2n1. The second-order valence-electron chi connectivity index (χ2n) is 7.88. The van der Waals surface area contributed by atoms with Crippen molar-refractivity contribution in [2.75, 3.05) is 31.2 Å². The van der Waals surface area contributed by atoms with E-state index in [0.717, 1.165) is 48.6 Å². The first-order valence-corrected chi connectivity index (χ1v) is 11.6. The van der Waals surface area contributed by atoms with Crippen molar-refractivity contribution in [3.05, 3.63) is 75.7 Å². The van der Waals surface area contributed by atoms with E-state index in [1.807, 2.05) is 29.1 Å². The van der Waals surface area contributed by atoms with Crippen LogP contribution < -0.4 is 10.2 Å². The third-order valence-corrected chi connectivity index (χ3v) is 6.49. The first-order valence-electron chi connectivity index (χ1n) is 10.7. The largest absolute Gasteiger partial charge is 0.378 e. The van der Waals surface area contributed by atoms with Crippen LogP contribution in [0.15, 0.2) is 54.0 Å². The van der Waals surface area contributed by atoms with Gasteiger partial charge in [0.2, 0.25) is 0 Å². The van der Waals surface area contributed by atoms with Crippen LogP contribution >= 0.6 is 11.3 Å². The zero-order valence-electron chi connectivity index (χ0n) is 18.0. The number of nitrogens with zero attached hydrogens (tertiary/aromatic N) is 4. The first kappa shape index (κ1) is 20.7. The molecular formula is C24H25N5O2S. The number of hydrogen-bond acceptors (Lipinski definition) is 6. The molecule has 4 aromatic rings. The van der Waals surface area contributed by atoms with Gasteiger partial charge in [0, 0.05) is 35.9 Å². The molecule has 0 spiro atoms. The van der Waals surface area contributed by atoms with Crippen LogP contribution in [0.1, 0.15) is 26.5 Å².